The molecule has 40 valence electrons. The van der Waals surface area contributed by atoms with E-state index in [2.05, 4.69) is 0 Å². The van der Waals surface area contributed by atoms with E-state index in [1.807, 2.05) is 6.92 Å². The molecule has 0 aromatic heterocycles. The van der Waals surface area contributed by atoms with Gasteiger partial charge in [-0.2, -0.15) is 0 Å². The Bertz CT molecular complexity index is 86.4. The number of allylic oxidation sites excluding steroid dienone is 4. The third-order valence-electron chi connectivity index (χ3n) is 0.518. The minimum absolute atomic E-state index is 0.155. The molecule has 0 atom stereocenters. The van der Waals surface area contributed by atoms with Crippen LogP contribution >= 0.6 is 0 Å². The second kappa shape index (κ2) is 3.59. The van der Waals surface area contributed by atoms with Crippen molar-refractivity contribution in [2.45, 2.75) is 13.8 Å². The van der Waals surface area contributed by atoms with Gasteiger partial charge in [0.05, 0.1) is 5.83 Å². The maximum absolute atomic E-state index is 11.7. The van der Waals surface area contributed by atoms with E-state index in [1.165, 1.54) is 13.0 Å². The Morgan fingerprint density at radius 3 is 2.29 bits per heavy atom. The van der Waals surface area contributed by atoms with E-state index >= 15 is 0 Å². The van der Waals surface area contributed by atoms with Crippen LogP contribution < -0.4 is 0 Å². The van der Waals surface area contributed by atoms with Gasteiger partial charge in [-0.3, -0.25) is 0 Å². The van der Waals surface area contributed by atoms with Gasteiger partial charge in [0.15, 0.2) is 0 Å². The van der Waals surface area contributed by atoms with E-state index in [4.69, 9.17) is 0 Å². The number of hydrogen-bond acceptors (Lipinski definition) is 0. The van der Waals surface area contributed by atoms with Gasteiger partial charge in [0, 0.05) is 0 Å². The largest absolute Gasteiger partial charge is 0.212 e. The van der Waals surface area contributed by atoms with E-state index < -0.39 is 0 Å². The van der Waals surface area contributed by atoms with Gasteiger partial charge in [-0.1, -0.05) is 12.2 Å². The third kappa shape index (κ3) is 5.41. The van der Waals surface area contributed by atoms with Crippen molar-refractivity contribution in [3.05, 3.63) is 24.1 Å². The summed E-state index contributed by atoms with van der Waals surface area (Å²) in [5.41, 5.74) is 0. The van der Waals surface area contributed by atoms with Crippen molar-refractivity contribution in [2.24, 2.45) is 0 Å². The average molecular weight is 100 g/mol. The fraction of sp³-hybridized carbons (Fsp3) is 0.333. The van der Waals surface area contributed by atoms with Crippen molar-refractivity contribution in [2.75, 3.05) is 0 Å². The normalized spacial score (nSPS) is 13.3. The van der Waals surface area contributed by atoms with Crippen molar-refractivity contribution in [3.8, 4) is 0 Å². The maximum atomic E-state index is 11.7. The summed E-state index contributed by atoms with van der Waals surface area (Å²) in [6.07, 6.45) is 4.86. The molecule has 0 saturated heterocycles. The molecule has 0 spiro atoms. The lowest BCUT2D eigenvalue weighted by molar-refractivity contribution is 0.640. The van der Waals surface area contributed by atoms with Crippen LogP contribution in [0.15, 0.2) is 24.1 Å². The van der Waals surface area contributed by atoms with Crippen molar-refractivity contribution < 1.29 is 4.39 Å². The van der Waals surface area contributed by atoms with Crippen molar-refractivity contribution >= 4 is 0 Å². The van der Waals surface area contributed by atoms with E-state index in [-0.39, 0.29) is 5.83 Å². The zero-order valence-electron chi connectivity index (χ0n) is 4.61. The molecular weight excluding hydrogens is 91.1 g/mol. The SMILES string of the molecule is C/C=C\C=C(/C)F. The van der Waals surface area contributed by atoms with Crippen molar-refractivity contribution in [1.82, 2.24) is 0 Å². The Morgan fingerprint density at radius 1 is 1.57 bits per heavy atom. The van der Waals surface area contributed by atoms with Crippen LogP contribution in [0.25, 0.3) is 0 Å². The number of hydrogen-bond donors (Lipinski definition) is 0. The van der Waals surface area contributed by atoms with Gasteiger partial charge in [0.1, 0.15) is 0 Å². The van der Waals surface area contributed by atoms with Gasteiger partial charge in [-0.05, 0) is 19.9 Å². The number of halogens is 1. The van der Waals surface area contributed by atoms with Crippen LogP contribution in [0.5, 0.6) is 0 Å². The molecular formula is C6H9F. The second-order valence-corrected chi connectivity index (χ2v) is 1.28. The Labute approximate surface area is 43.4 Å². The van der Waals surface area contributed by atoms with Crippen LogP contribution in [-0.4, -0.2) is 0 Å². The lowest BCUT2D eigenvalue weighted by atomic mass is 10.4. The highest BCUT2D eigenvalue weighted by Gasteiger charge is 1.71. The molecule has 0 aliphatic heterocycles. The Balaban J connectivity index is 3.46. The van der Waals surface area contributed by atoms with Crippen LogP contribution in [0.1, 0.15) is 13.8 Å². The molecule has 0 amide bonds. The van der Waals surface area contributed by atoms with E-state index in [1.54, 1.807) is 12.2 Å². The van der Waals surface area contributed by atoms with Gasteiger partial charge in [0.25, 0.3) is 0 Å². The van der Waals surface area contributed by atoms with Gasteiger partial charge in [0.2, 0.25) is 0 Å². The molecule has 0 unspecified atom stereocenters. The zero-order valence-corrected chi connectivity index (χ0v) is 4.61. The highest BCUT2D eigenvalue weighted by Crippen LogP contribution is 1.91. The lowest BCUT2D eigenvalue weighted by Crippen LogP contribution is -1.53. The lowest BCUT2D eigenvalue weighted by Gasteiger charge is -1.73. The molecule has 0 bridgehead atoms. The zero-order chi connectivity index (χ0) is 5.70. The molecule has 0 aliphatic rings. The Hall–Kier alpha value is -0.590. The predicted molar refractivity (Wildman–Crippen MR) is 29.7 cm³/mol. The molecule has 0 nitrogen and oxygen atoms in total. The Morgan fingerprint density at radius 2 is 2.14 bits per heavy atom. The quantitative estimate of drug-likeness (QED) is 0.444. The number of rotatable bonds is 1. The first-order chi connectivity index (χ1) is 3.27. The van der Waals surface area contributed by atoms with Crippen molar-refractivity contribution in [1.29, 1.82) is 0 Å². The highest BCUT2D eigenvalue weighted by atomic mass is 19.1. The standard InChI is InChI=1S/C6H9F/c1-3-4-5-6(2)7/h3-5H,1-2H3/b4-3-,6-5+. The molecule has 0 saturated carbocycles. The van der Waals surface area contributed by atoms with Crippen LogP contribution in [0.2, 0.25) is 0 Å². The first kappa shape index (κ1) is 6.41. The molecule has 0 aliphatic carbocycles. The summed E-state index contributed by atoms with van der Waals surface area (Å²) in [5, 5.41) is 0. The summed E-state index contributed by atoms with van der Waals surface area (Å²) in [6.45, 7) is 3.26. The summed E-state index contributed by atoms with van der Waals surface area (Å²) >= 11 is 0. The minimum atomic E-state index is -0.155. The van der Waals surface area contributed by atoms with Gasteiger partial charge < -0.3 is 0 Å². The summed E-state index contributed by atoms with van der Waals surface area (Å²) in [5.74, 6) is -0.155. The first-order valence-electron chi connectivity index (χ1n) is 2.22. The molecule has 1 heteroatoms. The third-order valence-corrected chi connectivity index (χ3v) is 0.518. The molecule has 0 fully saturated rings. The monoisotopic (exact) mass is 100 g/mol. The highest BCUT2D eigenvalue weighted by molar-refractivity contribution is 5.03. The molecule has 7 heavy (non-hydrogen) atoms. The smallest absolute Gasteiger partial charge is 0.0968 e. The maximum Gasteiger partial charge on any atom is 0.0968 e. The van der Waals surface area contributed by atoms with Gasteiger partial charge >= 0.3 is 0 Å². The Kier molecular flexibility index (Phi) is 3.29. The minimum Gasteiger partial charge on any atom is -0.212 e. The second-order valence-electron chi connectivity index (χ2n) is 1.28. The predicted octanol–water partition coefficient (Wildman–Crippen LogP) is 2.44. The van der Waals surface area contributed by atoms with E-state index in [0.717, 1.165) is 0 Å². The topological polar surface area (TPSA) is 0 Å². The van der Waals surface area contributed by atoms with Crippen LogP contribution in [0.4, 0.5) is 4.39 Å². The van der Waals surface area contributed by atoms with Crippen LogP contribution in [0.3, 0.4) is 0 Å². The molecule has 0 rings (SSSR count). The van der Waals surface area contributed by atoms with Crippen molar-refractivity contribution in [3.63, 3.8) is 0 Å². The molecule has 0 radical (unpaired) electrons. The van der Waals surface area contributed by atoms with Crippen LogP contribution in [-0.2, 0) is 0 Å². The summed E-state index contributed by atoms with van der Waals surface area (Å²) in [6, 6.07) is 0. The van der Waals surface area contributed by atoms with Crippen LogP contribution in [0, 0.1) is 0 Å². The van der Waals surface area contributed by atoms with Gasteiger partial charge in [-0.25, -0.2) is 4.39 Å². The van der Waals surface area contributed by atoms with E-state index in [9.17, 15) is 4.39 Å². The fourth-order valence-electron chi connectivity index (χ4n) is 0.229. The van der Waals surface area contributed by atoms with E-state index in [0.29, 0.717) is 0 Å². The molecule has 0 N–H and O–H groups in total. The van der Waals surface area contributed by atoms with Gasteiger partial charge in [-0.15, -0.1) is 0 Å². The summed E-state index contributed by atoms with van der Waals surface area (Å²) < 4.78 is 11.7. The molecule has 0 heterocycles. The average Bonchev–Trinajstić information content (AvgIpc) is 1.61. The first-order valence-corrected chi connectivity index (χ1v) is 2.22. The molecule has 0 aromatic carbocycles. The summed E-state index contributed by atoms with van der Waals surface area (Å²) in [7, 11) is 0. The molecule has 0 aromatic rings. The summed E-state index contributed by atoms with van der Waals surface area (Å²) in [4.78, 5) is 0. The fourth-order valence-corrected chi connectivity index (χ4v) is 0.229.